The third-order valence-electron chi connectivity index (χ3n) is 7.44. The molecule has 1 atom stereocenters. The largest absolute Gasteiger partial charge is 0.493 e. The molecule has 0 unspecified atom stereocenters. The Bertz CT molecular complexity index is 1330. The summed E-state index contributed by atoms with van der Waals surface area (Å²) in [4.78, 5) is 37.6. The molecule has 0 aliphatic carbocycles. The van der Waals surface area contributed by atoms with E-state index in [-0.39, 0.29) is 41.4 Å². The Morgan fingerprint density at radius 3 is 2.21 bits per heavy atom. The first-order valence-electron chi connectivity index (χ1n) is 13.5. The van der Waals surface area contributed by atoms with Crippen molar-refractivity contribution in [3.05, 3.63) is 86.7 Å². The minimum atomic E-state index is -1.75. The number of aliphatic carboxylic acids is 2. The van der Waals surface area contributed by atoms with E-state index in [0.29, 0.717) is 43.1 Å². The molecule has 4 N–H and O–H groups in total. The molecule has 1 heterocycles. The van der Waals surface area contributed by atoms with Crippen molar-refractivity contribution in [3.8, 4) is 11.5 Å². The molecule has 42 heavy (non-hydrogen) atoms. The fourth-order valence-electron chi connectivity index (χ4n) is 5.16. The lowest BCUT2D eigenvalue weighted by atomic mass is 9.66. The van der Waals surface area contributed by atoms with E-state index in [4.69, 9.17) is 9.47 Å². The molecule has 12 nitrogen and oxygen atoms in total. The number of nitrogens with one attached hydrogen (secondary N) is 1. The Balaban J connectivity index is 1.72. The van der Waals surface area contributed by atoms with Gasteiger partial charge in [0.2, 0.25) is 0 Å². The number of hydrogen-bond acceptors (Lipinski definition) is 9. The molecule has 12 heteroatoms. The van der Waals surface area contributed by atoms with Crippen molar-refractivity contribution in [2.45, 2.75) is 45.1 Å². The number of allylic oxidation sites excluding steroid dienone is 2. The fourth-order valence-corrected chi connectivity index (χ4v) is 5.16. The van der Waals surface area contributed by atoms with Crippen LogP contribution in [0.3, 0.4) is 0 Å². The zero-order valence-electron chi connectivity index (χ0n) is 24.1. The second-order valence-corrected chi connectivity index (χ2v) is 10.2. The first-order chi connectivity index (χ1) is 19.9. The fraction of sp³-hybridized carbons (Fsp3) is 0.400. The average Bonchev–Trinajstić information content (AvgIpc) is 2.94. The molecule has 0 saturated carbocycles. The van der Waals surface area contributed by atoms with E-state index in [1.165, 1.54) is 30.0 Å². The summed E-state index contributed by atoms with van der Waals surface area (Å²) in [5.41, 5.74) is -1.78. The van der Waals surface area contributed by atoms with Gasteiger partial charge in [-0.3, -0.25) is 10.1 Å². The van der Waals surface area contributed by atoms with Crippen LogP contribution in [-0.4, -0.2) is 76.5 Å². The predicted octanol–water partition coefficient (Wildman–Crippen LogP) is 3.70. The van der Waals surface area contributed by atoms with Gasteiger partial charge in [0, 0.05) is 42.7 Å². The Hall–Kier alpha value is -4.42. The molecule has 226 valence electrons. The molecule has 0 radical (unpaired) electrons. The van der Waals surface area contributed by atoms with Crippen molar-refractivity contribution in [2.75, 3.05) is 33.4 Å². The normalized spacial score (nSPS) is 15.4. The molecular formula is C30H37N3O9. The molecule has 0 saturated heterocycles. The minimum absolute atomic E-state index is 0.0814. The highest BCUT2D eigenvalue weighted by Crippen LogP contribution is 2.50. The molecule has 0 bridgehead atoms. The van der Waals surface area contributed by atoms with Crippen LogP contribution in [0.5, 0.6) is 11.5 Å². The number of aliphatic hydroxyl groups is 1. The molecule has 0 amide bonds. The lowest BCUT2D eigenvalue weighted by Gasteiger charge is -2.42. The number of nitrogens with zero attached hydrogens (tertiary/aromatic N) is 2. The van der Waals surface area contributed by atoms with Gasteiger partial charge in [-0.2, -0.15) is 0 Å². The predicted molar refractivity (Wildman–Crippen MR) is 154 cm³/mol. The molecule has 2 aromatic carbocycles. The summed E-state index contributed by atoms with van der Waals surface area (Å²) in [7, 11) is 1.57. The molecule has 1 aliphatic rings. The number of nitro groups is 1. The summed E-state index contributed by atoms with van der Waals surface area (Å²) in [5.74, 6) is -1.84. The number of carboxylic acids is 2. The summed E-state index contributed by atoms with van der Waals surface area (Å²) in [5, 5.41) is 45.3. The maximum atomic E-state index is 12.5. The summed E-state index contributed by atoms with van der Waals surface area (Å²) < 4.78 is 11.5. The van der Waals surface area contributed by atoms with Crippen LogP contribution in [0.4, 0.5) is 5.69 Å². The number of rotatable bonds is 15. The van der Waals surface area contributed by atoms with Gasteiger partial charge in [-0.1, -0.05) is 18.2 Å². The number of carbonyl (C=O) groups is 2. The smallest absolute Gasteiger partial charge is 0.334 e. The highest BCUT2D eigenvalue weighted by atomic mass is 16.6. The van der Waals surface area contributed by atoms with Crippen LogP contribution >= 0.6 is 0 Å². The molecule has 3 rings (SSSR count). The van der Waals surface area contributed by atoms with Gasteiger partial charge in [-0.05, 0) is 58.4 Å². The second kappa shape index (κ2) is 14.0. The van der Waals surface area contributed by atoms with Crippen molar-refractivity contribution in [2.24, 2.45) is 0 Å². The zero-order valence-corrected chi connectivity index (χ0v) is 24.1. The lowest BCUT2D eigenvalue weighted by molar-refractivity contribution is -0.385. The van der Waals surface area contributed by atoms with E-state index in [1.54, 1.807) is 20.9 Å². The van der Waals surface area contributed by atoms with Crippen LogP contribution in [0.25, 0.3) is 0 Å². The van der Waals surface area contributed by atoms with Crippen LogP contribution < -0.4 is 14.8 Å². The van der Waals surface area contributed by atoms with Crippen molar-refractivity contribution in [1.82, 2.24) is 10.2 Å². The number of benzene rings is 2. The van der Waals surface area contributed by atoms with E-state index < -0.39 is 28.4 Å². The van der Waals surface area contributed by atoms with Gasteiger partial charge in [0.05, 0.1) is 28.1 Å². The topological polar surface area (TPSA) is 172 Å². The summed E-state index contributed by atoms with van der Waals surface area (Å²) in [6, 6.07) is 13.0. The quantitative estimate of drug-likeness (QED) is 0.137. The van der Waals surface area contributed by atoms with Gasteiger partial charge < -0.3 is 35.0 Å². The molecule has 0 fully saturated rings. The summed E-state index contributed by atoms with van der Waals surface area (Å²) in [6.07, 6.45) is 0.551. The third kappa shape index (κ3) is 7.07. The number of aliphatic hydroxyl groups excluding tert-OH is 1. The Labute approximate surface area is 244 Å². The first-order valence-corrected chi connectivity index (χ1v) is 13.5. The van der Waals surface area contributed by atoms with E-state index in [9.17, 15) is 35.0 Å². The zero-order chi connectivity index (χ0) is 31.0. The van der Waals surface area contributed by atoms with Crippen LogP contribution in [0.15, 0.2) is 71.1 Å². The van der Waals surface area contributed by atoms with Crippen LogP contribution in [0.2, 0.25) is 0 Å². The van der Waals surface area contributed by atoms with Crippen molar-refractivity contribution < 1.29 is 39.3 Å². The highest BCUT2D eigenvalue weighted by molar-refractivity contribution is 6.00. The third-order valence-corrected chi connectivity index (χ3v) is 7.44. The average molecular weight is 584 g/mol. The molecular weight excluding hydrogens is 546 g/mol. The number of carboxylic acid groups (broad SMARTS) is 2. The number of nitro benzene ring substituents is 1. The Kier molecular flexibility index (Phi) is 10.7. The van der Waals surface area contributed by atoms with Crippen molar-refractivity contribution in [1.29, 1.82) is 0 Å². The van der Waals surface area contributed by atoms with E-state index in [0.717, 1.165) is 0 Å². The summed E-state index contributed by atoms with van der Waals surface area (Å²) in [6.45, 7) is 5.84. The van der Waals surface area contributed by atoms with Gasteiger partial charge in [0.15, 0.2) is 0 Å². The number of para-hydroxylation sites is 1. The standard InChI is InChI=1S/C30H37N3O9/c1-19-26(28(35)36)30(3,27(29(37)38)20(2)32(19)4)24-16-21(33(39)40)12-13-25(24)41-15-9-8-14-31-17-22(34)18-42-23-10-6-5-7-11-23/h5-7,10-13,16,22,31,34H,8-9,14-15,17-18H2,1-4H3,(H,35,36)(H,37,38)/t22-/m0/s1. The van der Waals surface area contributed by atoms with Gasteiger partial charge in [-0.15, -0.1) is 0 Å². The molecule has 0 spiro atoms. The first kappa shape index (κ1) is 32.1. The Morgan fingerprint density at radius 2 is 1.64 bits per heavy atom. The Morgan fingerprint density at radius 1 is 1.02 bits per heavy atom. The molecule has 1 aliphatic heterocycles. The lowest BCUT2D eigenvalue weighted by Crippen LogP contribution is -2.43. The molecule has 2 aromatic rings. The van der Waals surface area contributed by atoms with E-state index in [1.807, 2.05) is 30.3 Å². The minimum Gasteiger partial charge on any atom is -0.493 e. The number of ether oxygens (including phenoxy) is 2. The summed E-state index contributed by atoms with van der Waals surface area (Å²) >= 11 is 0. The van der Waals surface area contributed by atoms with Crippen LogP contribution in [0.1, 0.15) is 39.2 Å². The monoisotopic (exact) mass is 583 g/mol. The maximum absolute atomic E-state index is 12.5. The van der Waals surface area contributed by atoms with E-state index in [2.05, 4.69) is 5.32 Å². The highest BCUT2D eigenvalue weighted by Gasteiger charge is 2.50. The number of unbranched alkanes of at least 4 members (excludes halogenated alkanes) is 1. The van der Waals surface area contributed by atoms with Crippen LogP contribution in [-0.2, 0) is 15.0 Å². The van der Waals surface area contributed by atoms with Gasteiger partial charge in [0.1, 0.15) is 24.2 Å². The van der Waals surface area contributed by atoms with Crippen molar-refractivity contribution >= 4 is 17.6 Å². The number of hydrogen-bond donors (Lipinski definition) is 4. The van der Waals surface area contributed by atoms with Gasteiger partial charge in [-0.25, -0.2) is 9.59 Å². The van der Waals surface area contributed by atoms with Crippen molar-refractivity contribution in [3.63, 3.8) is 0 Å². The SMILES string of the molecule is CC1=C(C(=O)O)C(C)(c2cc([N+](=O)[O-])ccc2OCCCCNC[C@H](O)COc2ccccc2)C(C(=O)O)=C(C)N1C. The number of non-ortho nitro benzene ring substituents is 1. The van der Waals surface area contributed by atoms with Gasteiger partial charge >= 0.3 is 11.9 Å². The van der Waals surface area contributed by atoms with E-state index >= 15 is 0 Å². The maximum Gasteiger partial charge on any atom is 0.334 e. The molecule has 0 aromatic heterocycles. The van der Waals surface area contributed by atoms with Crippen LogP contribution in [0, 0.1) is 10.1 Å². The second-order valence-electron chi connectivity index (χ2n) is 10.2. The van der Waals surface area contributed by atoms with Gasteiger partial charge in [0.25, 0.3) is 5.69 Å².